The second-order valence-corrected chi connectivity index (χ2v) is 3.51. The molecule has 0 radical (unpaired) electrons. The van der Waals surface area contributed by atoms with Crippen LogP contribution in [0.15, 0.2) is 0 Å². The van der Waals surface area contributed by atoms with Crippen LogP contribution in [0.4, 0.5) is 0 Å². The van der Waals surface area contributed by atoms with Gasteiger partial charge in [0.25, 0.3) is 0 Å². The van der Waals surface area contributed by atoms with Crippen LogP contribution in [0.25, 0.3) is 0 Å². The maximum absolute atomic E-state index is 5.43. The summed E-state index contributed by atoms with van der Waals surface area (Å²) in [5.41, 5.74) is 0. The third-order valence-corrected chi connectivity index (χ3v) is 2.46. The molecule has 0 spiro atoms. The number of hydrogen-bond acceptors (Lipinski definition) is 2. The summed E-state index contributed by atoms with van der Waals surface area (Å²) in [5, 5.41) is 0. The van der Waals surface area contributed by atoms with E-state index in [4.69, 9.17) is 4.74 Å². The Kier molecular flexibility index (Phi) is 3.34. The van der Waals surface area contributed by atoms with Crippen LogP contribution in [0.2, 0.25) is 0 Å². The number of hydrogen-bond donors (Lipinski definition) is 0. The molecule has 0 amide bonds. The summed E-state index contributed by atoms with van der Waals surface area (Å²) < 4.78 is 5.43. The average Bonchev–Trinajstić information content (AvgIpc) is 2.04. The molecule has 1 heterocycles. The fourth-order valence-corrected chi connectivity index (χ4v) is 1.66. The van der Waals surface area contributed by atoms with Crippen LogP contribution in [-0.4, -0.2) is 37.2 Å². The van der Waals surface area contributed by atoms with Gasteiger partial charge in [0.1, 0.15) is 0 Å². The number of morpholine rings is 1. The zero-order chi connectivity index (χ0) is 8.27. The van der Waals surface area contributed by atoms with E-state index in [0.717, 1.165) is 32.2 Å². The predicted molar refractivity (Wildman–Crippen MR) is 46.7 cm³/mol. The average molecular weight is 157 g/mol. The SMILES string of the molecule is CCN1CCOC[C@@H]1C(C)C. The molecule has 2 nitrogen and oxygen atoms in total. The Balaban J connectivity index is 2.44. The molecular formula is C9H19NO. The minimum absolute atomic E-state index is 0.647. The Bertz CT molecular complexity index is 114. The van der Waals surface area contributed by atoms with Gasteiger partial charge in [0, 0.05) is 12.6 Å². The first-order chi connectivity index (χ1) is 5.25. The van der Waals surface area contributed by atoms with Gasteiger partial charge in [-0.05, 0) is 12.5 Å². The molecule has 1 aliphatic heterocycles. The Morgan fingerprint density at radius 2 is 2.27 bits per heavy atom. The van der Waals surface area contributed by atoms with Gasteiger partial charge in [0.2, 0.25) is 0 Å². The number of rotatable bonds is 2. The molecule has 11 heavy (non-hydrogen) atoms. The summed E-state index contributed by atoms with van der Waals surface area (Å²) in [6.07, 6.45) is 0. The smallest absolute Gasteiger partial charge is 0.0624 e. The van der Waals surface area contributed by atoms with Crippen LogP contribution < -0.4 is 0 Å². The lowest BCUT2D eigenvalue weighted by Gasteiger charge is -2.37. The summed E-state index contributed by atoms with van der Waals surface area (Å²) >= 11 is 0. The molecule has 0 unspecified atom stereocenters. The van der Waals surface area contributed by atoms with Gasteiger partial charge in [-0.25, -0.2) is 0 Å². The predicted octanol–water partition coefficient (Wildman–Crippen LogP) is 1.36. The van der Waals surface area contributed by atoms with Gasteiger partial charge in [-0.2, -0.15) is 0 Å². The van der Waals surface area contributed by atoms with E-state index in [1.807, 2.05) is 0 Å². The monoisotopic (exact) mass is 157 g/mol. The van der Waals surface area contributed by atoms with Crippen LogP contribution >= 0.6 is 0 Å². The van der Waals surface area contributed by atoms with Gasteiger partial charge >= 0.3 is 0 Å². The topological polar surface area (TPSA) is 12.5 Å². The van der Waals surface area contributed by atoms with E-state index in [1.54, 1.807) is 0 Å². The van der Waals surface area contributed by atoms with E-state index in [-0.39, 0.29) is 0 Å². The van der Waals surface area contributed by atoms with Crippen molar-refractivity contribution in [1.82, 2.24) is 4.90 Å². The van der Waals surface area contributed by atoms with Gasteiger partial charge in [-0.3, -0.25) is 4.90 Å². The molecule has 0 aromatic carbocycles. The van der Waals surface area contributed by atoms with Crippen molar-refractivity contribution in [1.29, 1.82) is 0 Å². The number of nitrogens with zero attached hydrogens (tertiary/aromatic N) is 1. The molecule has 1 fully saturated rings. The molecule has 1 aliphatic rings. The van der Waals surface area contributed by atoms with Crippen molar-refractivity contribution >= 4 is 0 Å². The summed E-state index contributed by atoms with van der Waals surface area (Å²) in [7, 11) is 0. The zero-order valence-corrected chi connectivity index (χ0v) is 7.84. The number of ether oxygens (including phenoxy) is 1. The Morgan fingerprint density at radius 1 is 1.55 bits per heavy atom. The van der Waals surface area contributed by atoms with E-state index in [9.17, 15) is 0 Å². The first-order valence-electron chi connectivity index (χ1n) is 4.57. The van der Waals surface area contributed by atoms with Gasteiger partial charge < -0.3 is 4.74 Å². The van der Waals surface area contributed by atoms with Crippen molar-refractivity contribution in [2.24, 2.45) is 5.92 Å². The fourth-order valence-electron chi connectivity index (χ4n) is 1.66. The van der Waals surface area contributed by atoms with Gasteiger partial charge in [0.05, 0.1) is 13.2 Å². The molecule has 1 saturated heterocycles. The molecule has 66 valence electrons. The summed E-state index contributed by atoms with van der Waals surface area (Å²) in [5.74, 6) is 0.718. The van der Waals surface area contributed by atoms with Crippen LogP contribution in [-0.2, 0) is 4.74 Å². The Hall–Kier alpha value is -0.0800. The van der Waals surface area contributed by atoms with Crippen molar-refractivity contribution in [3.05, 3.63) is 0 Å². The van der Waals surface area contributed by atoms with E-state index in [2.05, 4.69) is 25.7 Å². The summed E-state index contributed by atoms with van der Waals surface area (Å²) in [4.78, 5) is 2.51. The Morgan fingerprint density at radius 3 is 2.73 bits per heavy atom. The minimum atomic E-state index is 0.647. The normalized spacial score (nSPS) is 27.8. The minimum Gasteiger partial charge on any atom is -0.378 e. The largest absolute Gasteiger partial charge is 0.378 e. The zero-order valence-electron chi connectivity index (χ0n) is 7.84. The molecule has 0 aliphatic carbocycles. The van der Waals surface area contributed by atoms with E-state index >= 15 is 0 Å². The van der Waals surface area contributed by atoms with Crippen LogP contribution in [0.1, 0.15) is 20.8 Å². The van der Waals surface area contributed by atoms with Crippen molar-refractivity contribution < 1.29 is 4.74 Å². The fraction of sp³-hybridized carbons (Fsp3) is 1.00. The van der Waals surface area contributed by atoms with E-state index < -0.39 is 0 Å². The van der Waals surface area contributed by atoms with E-state index in [0.29, 0.717) is 6.04 Å². The van der Waals surface area contributed by atoms with Crippen molar-refractivity contribution in [2.45, 2.75) is 26.8 Å². The lowest BCUT2D eigenvalue weighted by atomic mass is 10.0. The van der Waals surface area contributed by atoms with Crippen LogP contribution in [0.3, 0.4) is 0 Å². The highest BCUT2D eigenvalue weighted by Gasteiger charge is 2.23. The standard InChI is InChI=1S/C9H19NO/c1-4-10-5-6-11-7-9(10)8(2)3/h8-9H,4-7H2,1-3H3/t9-/m1/s1. The highest BCUT2D eigenvalue weighted by Crippen LogP contribution is 2.14. The molecule has 1 atom stereocenters. The second-order valence-electron chi connectivity index (χ2n) is 3.51. The van der Waals surface area contributed by atoms with Crippen LogP contribution in [0, 0.1) is 5.92 Å². The number of likely N-dealkylation sites (N-methyl/N-ethyl adjacent to an activating group) is 1. The van der Waals surface area contributed by atoms with Crippen molar-refractivity contribution in [3.8, 4) is 0 Å². The second kappa shape index (κ2) is 4.07. The maximum Gasteiger partial charge on any atom is 0.0624 e. The molecule has 0 aromatic rings. The van der Waals surface area contributed by atoms with Gasteiger partial charge in [-0.1, -0.05) is 20.8 Å². The molecular weight excluding hydrogens is 138 g/mol. The lowest BCUT2D eigenvalue weighted by molar-refractivity contribution is -0.0216. The summed E-state index contributed by atoms with van der Waals surface area (Å²) in [6.45, 7) is 10.9. The summed E-state index contributed by atoms with van der Waals surface area (Å²) in [6, 6.07) is 0.647. The van der Waals surface area contributed by atoms with Gasteiger partial charge in [-0.15, -0.1) is 0 Å². The molecule has 0 N–H and O–H groups in total. The maximum atomic E-state index is 5.43. The highest BCUT2D eigenvalue weighted by atomic mass is 16.5. The van der Waals surface area contributed by atoms with Crippen LogP contribution in [0.5, 0.6) is 0 Å². The van der Waals surface area contributed by atoms with Gasteiger partial charge in [0.15, 0.2) is 0 Å². The first kappa shape index (κ1) is 9.01. The molecule has 0 saturated carbocycles. The molecule has 0 aromatic heterocycles. The molecule has 1 rings (SSSR count). The van der Waals surface area contributed by atoms with E-state index in [1.165, 1.54) is 0 Å². The molecule has 2 heteroatoms. The quantitative estimate of drug-likeness (QED) is 0.600. The third kappa shape index (κ3) is 2.17. The van der Waals surface area contributed by atoms with Crippen molar-refractivity contribution in [2.75, 3.05) is 26.3 Å². The highest BCUT2D eigenvalue weighted by molar-refractivity contribution is 4.76. The van der Waals surface area contributed by atoms with Crippen molar-refractivity contribution in [3.63, 3.8) is 0 Å². The lowest BCUT2D eigenvalue weighted by Crippen LogP contribution is -2.47. The Labute approximate surface area is 69.5 Å². The molecule has 0 bridgehead atoms. The third-order valence-electron chi connectivity index (χ3n) is 2.46. The first-order valence-corrected chi connectivity index (χ1v) is 4.57.